The van der Waals surface area contributed by atoms with Gasteiger partial charge in [0, 0.05) is 12.6 Å². The smallest absolute Gasteiger partial charge is 0.137 e. The summed E-state index contributed by atoms with van der Waals surface area (Å²) in [6.45, 7) is 2.33. The lowest BCUT2D eigenvalue weighted by atomic mass is 9.87. The van der Waals surface area contributed by atoms with Crippen LogP contribution in [0.3, 0.4) is 0 Å². The number of allylic oxidation sites excluding steroid dienone is 1. The number of nitrogens with zero attached hydrogens (tertiary/aromatic N) is 3. The lowest BCUT2D eigenvalue weighted by Crippen LogP contribution is -2.29. The van der Waals surface area contributed by atoms with Gasteiger partial charge in [-0.05, 0) is 43.8 Å². The quantitative estimate of drug-likeness (QED) is 0.744. The molecule has 2 aliphatic rings. The van der Waals surface area contributed by atoms with Crippen molar-refractivity contribution in [2.75, 3.05) is 13.1 Å². The highest BCUT2D eigenvalue weighted by atomic mass is 15.3. The first-order valence-corrected chi connectivity index (χ1v) is 5.73. The molecule has 0 amide bonds. The zero-order valence-electron chi connectivity index (χ0n) is 8.82. The van der Waals surface area contributed by atoms with E-state index in [4.69, 9.17) is 0 Å². The number of piperidine rings is 1. The fraction of sp³-hybridized carbons (Fsp3) is 0.636. The summed E-state index contributed by atoms with van der Waals surface area (Å²) in [7, 11) is 0. The molecule has 1 aromatic heterocycles. The van der Waals surface area contributed by atoms with E-state index in [1.165, 1.54) is 19.3 Å². The molecule has 1 aromatic rings. The lowest BCUT2D eigenvalue weighted by Gasteiger charge is -2.27. The molecule has 3 rings (SSSR count). The summed E-state index contributed by atoms with van der Waals surface area (Å²) in [5.41, 5.74) is 1.59. The maximum absolute atomic E-state index is 4.09. The van der Waals surface area contributed by atoms with Gasteiger partial charge in [0.05, 0.1) is 0 Å². The molecule has 0 spiro atoms. The van der Waals surface area contributed by atoms with E-state index in [1.807, 2.05) is 6.33 Å². The van der Waals surface area contributed by atoms with Gasteiger partial charge < -0.3 is 5.32 Å². The molecule has 0 aliphatic carbocycles. The number of fused-ring (bicyclic) bond motifs is 1. The zero-order valence-corrected chi connectivity index (χ0v) is 8.82. The average Bonchev–Trinajstić information content (AvgIpc) is 2.77. The minimum absolute atomic E-state index is 0.779. The maximum Gasteiger partial charge on any atom is 0.137 e. The van der Waals surface area contributed by atoms with Crippen molar-refractivity contribution in [3.05, 3.63) is 17.7 Å². The lowest BCUT2D eigenvalue weighted by molar-refractivity contribution is 0.409. The third kappa shape index (κ3) is 1.69. The van der Waals surface area contributed by atoms with E-state index in [0.717, 1.165) is 31.3 Å². The van der Waals surface area contributed by atoms with Gasteiger partial charge in [0.25, 0.3) is 0 Å². The molecule has 1 N–H and O–H groups in total. The summed E-state index contributed by atoms with van der Waals surface area (Å²) in [6.07, 6.45) is 8.84. The van der Waals surface area contributed by atoms with Crippen molar-refractivity contribution in [3.8, 4) is 0 Å². The molecular formula is C11H16N4. The first-order chi connectivity index (χ1) is 7.43. The Morgan fingerprint density at radius 2 is 2.13 bits per heavy atom. The van der Waals surface area contributed by atoms with Crippen molar-refractivity contribution < 1.29 is 0 Å². The van der Waals surface area contributed by atoms with Gasteiger partial charge in [-0.1, -0.05) is 0 Å². The van der Waals surface area contributed by atoms with Crippen LogP contribution in [0, 0.1) is 5.92 Å². The standard InChI is InChI=1S/C11H16N4/c1-2-11-14-13-8-15(11)7-10(1)9-3-5-12-6-4-9/h7-9,12H,1-6H2. The van der Waals surface area contributed by atoms with Gasteiger partial charge in [0.1, 0.15) is 12.2 Å². The van der Waals surface area contributed by atoms with Gasteiger partial charge >= 0.3 is 0 Å². The molecule has 4 heteroatoms. The number of nitrogens with one attached hydrogen (secondary N) is 1. The van der Waals surface area contributed by atoms with Crippen LogP contribution in [0.15, 0.2) is 11.9 Å². The third-order valence-electron chi connectivity index (χ3n) is 3.45. The number of hydrogen-bond donors (Lipinski definition) is 1. The largest absolute Gasteiger partial charge is 0.317 e. The SMILES string of the molecule is C1=C(C2CCNCC2)CCc2nncn21. The van der Waals surface area contributed by atoms with Crippen LogP contribution in [-0.4, -0.2) is 27.9 Å². The van der Waals surface area contributed by atoms with Gasteiger partial charge in [-0.15, -0.1) is 10.2 Å². The highest BCUT2D eigenvalue weighted by molar-refractivity contribution is 5.36. The van der Waals surface area contributed by atoms with Crippen molar-refractivity contribution >= 4 is 6.20 Å². The molecule has 1 saturated heterocycles. The van der Waals surface area contributed by atoms with Crippen molar-refractivity contribution in [1.29, 1.82) is 0 Å². The number of aryl methyl sites for hydroxylation is 1. The molecule has 3 heterocycles. The number of rotatable bonds is 1. The Labute approximate surface area is 89.4 Å². The molecular weight excluding hydrogens is 188 g/mol. The highest BCUT2D eigenvalue weighted by Gasteiger charge is 2.21. The summed E-state index contributed by atoms with van der Waals surface area (Å²) in [5.74, 6) is 1.88. The highest BCUT2D eigenvalue weighted by Crippen LogP contribution is 2.28. The fourth-order valence-corrected chi connectivity index (χ4v) is 2.55. The van der Waals surface area contributed by atoms with Gasteiger partial charge in [0.2, 0.25) is 0 Å². The van der Waals surface area contributed by atoms with Gasteiger partial charge in [-0.3, -0.25) is 4.57 Å². The average molecular weight is 204 g/mol. The Kier molecular flexibility index (Phi) is 2.29. The van der Waals surface area contributed by atoms with Crippen molar-refractivity contribution in [1.82, 2.24) is 20.1 Å². The Morgan fingerprint density at radius 1 is 1.27 bits per heavy atom. The van der Waals surface area contributed by atoms with Gasteiger partial charge in [-0.25, -0.2) is 0 Å². The molecule has 0 aromatic carbocycles. The van der Waals surface area contributed by atoms with Crippen LogP contribution < -0.4 is 5.32 Å². The molecule has 2 aliphatic heterocycles. The van der Waals surface area contributed by atoms with E-state index >= 15 is 0 Å². The Hall–Kier alpha value is -1.16. The molecule has 80 valence electrons. The first-order valence-electron chi connectivity index (χ1n) is 5.73. The van der Waals surface area contributed by atoms with Crippen LogP contribution in [0.4, 0.5) is 0 Å². The van der Waals surface area contributed by atoms with E-state index in [-0.39, 0.29) is 0 Å². The molecule has 1 fully saturated rings. The third-order valence-corrected chi connectivity index (χ3v) is 3.45. The summed E-state index contributed by atoms with van der Waals surface area (Å²) in [6, 6.07) is 0. The van der Waals surface area contributed by atoms with E-state index in [9.17, 15) is 0 Å². The zero-order chi connectivity index (χ0) is 10.1. The number of hydrogen-bond acceptors (Lipinski definition) is 3. The minimum Gasteiger partial charge on any atom is -0.317 e. The predicted molar refractivity (Wildman–Crippen MR) is 58.2 cm³/mol. The van der Waals surface area contributed by atoms with Crippen molar-refractivity contribution in [2.24, 2.45) is 5.92 Å². The second-order valence-electron chi connectivity index (χ2n) is 4.38. The van der Waals surface area contributed by atoms with Crippen LogP contribution >= 0.6 is 0 Å². The van der Waals surface area contributed by atoms with E-state index in [0.29, 0.717) is 0 Å². The normalized spacial score (nSPS) is 22.3. The fourth-order valence-electron chi connectivity index (χ4n) is 2.55. The molecule has 15 heavy (non-hydrogen) atoms. The summed E-state index contributed by atoms with van der Waals surface area (Å²) in [4.78, 5) is 0. The first kappa shape index (κ1) is 9.09. The number of aromatic nitrogens is 3. The molecule has 0 atom stereocenters. The molecule has 0 saturated carbocycles. The van der Waals surface area contributed by atoms with Crippen LogP contribution in [-0.2, 0) is 6.42 Å². The summed E-state index contributed by atoms with van der Waals surface area (Å²) < 4.78 is 2.08. The molecule has 0 radical (unpaired) electrons. The monoisotopic (exact) mass is 204 g/mol. The van der Waals surface area contributed by atoms with Crippen LogP contribution in [0.25, 0.3) is 6.20 Å². The van der Waals surface area contributed by atoms with Crippen molar-refractivity contribution in [3.63, 3.8) is 0 Å². The van der Waals surface area contributed by atoms with E-state index in [1.54, 1.807) is 5.57 Å². The topological polar surface area (TPSA) is 42.7 Å². The Morgan fingerprint density at radius 3 is 3.00 bits per heavy atom. The minimum atomic E-state index is 0.779. The molecule has 0 bridgehead atoms. The van der Waals surface area contributed by atoms with Crippen LogP contribution in [0.5, 0.6) is 0 Å². The summed E-state index contributed by atoms with van der Waals surface area (Å²) in [5, 5.41) is 11.4. The van der Waals surface area contributed by atoms with E-state index < -0.39 is 0 Å². The van der Waals surface area contributed by atoms with Crippen LogP contribution in [0.2, 0.25) is 0 Å². The van der Waals surface area contributed by atoms with Gasteiger partial charge in [0.15, 0.2) is 0 Å². The van der Waals surface area contributed by atoms with Crippen LogP contribution in [0.1, 0.15) is 25.1 Å². The second-order valence-corrected chi connectivity index (χ2v) is 4.38. The Balaban J connectivity index is 1.82. The molecule has 4 nitrogen and oxygen atoms in total. The Bertz CT molecular complexity index is 374. The molecule has 0 unspecified atom stereocenters. The predicted octanol–water partition coefficient (Wildman–Crippen LogP) is 1.06. The summed E-state index contributed by atoms with van der Waals surface area (Å²) >= 11 is 0. The van der Waals surface area contributed by atoms with Crippen molar-refractivity contribution in [2.45, 2.75) is 25.7 Å². The maximum atomic E-state index is 4.09. The van der Waals surface area contributed by atoms with E-state index in [2.05, 4.69) is 26.3 Å². The second kappa shape index (κ2) is 3.77. The van der Waals surface area contributed by atoms with Gasteiger partial charge in [-0.2, -0.15) is 0 Å².